The van der Waals surface area contributed by atoms with Gasteiger partial charge in [0.1, 0.15) is 16.4 Å². The van der Waals surface area contributed by atoms with Crippen molar-refractivity contribution in [1.29, 1.82) is 0 Å². The van der Waals surface area contributed by atoms with Crippen LogP contribution in [0.3, 0.4) is 0 Å². The van der Waals surface area contributed by atoms with Crippen molar-refractivity contribution >= 4 is 27.4 Å². The molecule has 4 aromatic rings. The Morgan fingerprint density at radius 3 is 2.62 bits per heavy atom. The molecule has 0 amide bonds. The summed E-state index contributed by atoms with van der Waals surface area (Å²) in [5.41, 5.74) is 0.752. The quantitative estimate of drug-likeness (QED) is 0.424. The Balaban J connectivity index is 1.51. The van der Waals surface area contributed by atoms with Crippen molar-refractivity contribution in [3.05, 3.63) is 52.4 Å². The number of anilines is 1. The van der Waals surface area contributed by atoms with Gasteiger partial charge in [-0.15, -0.1) is 21.5 Å². The third-order valence-electron chi connectivity index (χ3n) is 5.52. The number of rotatable bonds is 6. The minimum Gasteiger partial charge on any atom is -0.424 e. The Labute approximate surface area is 196 Å². The maximum atomic E-state index is 13.2. The van der Waals surface area contributed by atoms with Crippen molar-refractivity contribution in [1.82, 2.24) is 24.7 Å². The fourth-order valence-electron chi connectivity index (χ4n) is 3.91. The molecule has 0 radical (unpaired) electrons. The van der Waals surface area contributed by atoms with E-state index in [-0.39, 0.29) is 31.5 Å². The number of benzene rings is 1. The summed E-state index contributed by atoms with van der Waals surface area (Å²) < 4.78 is 46.7. The number of aromatic nitrogens is 5. The Bertz CT molecular complexity index is 1320. The number of ether oxygens (including phenoxy) is 1. The second-order valence-electron chi connectivity index (χ2n) is 7.93. The van der Waals surface area contributed by atoms with Crippen molar-refractivity contribution in [2.24, 2.45) is 0 Å². The van der Waals surface area contributed by atoms with Crippen molar-refractivity contribution in [2.45, 2.75) is 45.6 Å². The number of aryl methyl sites for hydroxylation is 1. The Morgan fingerprint density at radius 2 is 1.91 bits per heavy atom. The highest BCUT2D eigenvalue weighted by atomic mass is 32.1. The molecule has 0 spiro atoms. The van der Waals surface area contributed by atoms with Crippen LogP contribution in [0.15, 0.2) is 30.3 Å². The number of hydrogen-bond donors (Lipinski definition) is 1. The number of thiophene rings is 1. The number of aliphatic hydroxyl groups excluding tert-OH is 1. The third kappa shape index (κ3) is 4.30. The molecule has 1 aliphatic heterocycles. The molecule has 0 unspecified atom stereocenters. The highest BCUT2D eigenvalue weighted by Gasteiger charge is 2.39. The average molecular weight is 491 g/mol. The van der Waals surface area contributed by atoms with E-state index in [1.807, 2.05) is 11.0 Å². The minimum atomic E-state index is -4.55. The summed E-state index contributed by atoms with van der Waals surface area (Å²) in [5, 5.41) is 17.2. The van der Waals surface area contributed by atoms with E-state index in [9.17, 15) is 18.3 Å². The van der Waals surface area contributed by atoms with Gasteiger partial charge in [-0.25, -0.2) is 0 Å². The second kappa shape index (κ2) is 8.84. The molecule has 1 aromatic carbocycles. The molecule has 0 aliphatic carbocycles. The van der Waals surface area contributed by atoms with Crippen LogP contribution in [0, 0.1) is 0 Å². The molecular formula is C22H21F3N6O2S. The molecule has 34 heavy (non-hydrogen) atoms. The molecule has 12 heteroatoms. The van der Waals surface area contributed by atoms with Gasteiger partial charge in [-0.2, -0.15) is 23.1 Å². The van der Waals surface area contributed by atoms with E-state index in [0.717, 1.165) is 38.1 Å². The fourth-order valence-corrected chi connectivity index (χ4v) is 5.03. The summed E-state index contributed by atoms with van der Waals surface area (Å²) in [6.07, 6.45) is -2.68. The van der Waals surface area contributed by atoms with Crippen LogP contribution in [0.4, 0.5) is 19.0 Å². The molecule has 5 rings (SSSR count). The molecule has 0 saturated carbocycles. The molecule has 3 aromatic heterocycles. The summed E-state index contributed by atoms with van der Waals surface area (Å²) in [4.78, 5) is 13.0. The molecule has 8 nitrogen and oxygen atoms in total. The lowest BCUT2D eigenvalue weighted by Gasteiger charge is -2.29. The van der Waals surface area contributed by atoms with Crippen LogP contribution in [0.25, 0.3) is 10.2 Å². The first kappa shape index (κ1) is 22.5. The number of aliphatic hydroxyl groups is 1. The van der Waals surface area contributed by atoms with Crippen LogP contribution in [0.5, 0.6) is 11.8 Å². The van der Waals surface area contributed by atoms with Crippen LogP contribution in [-0.4, -0.2) is 36.4 Å². The largest absolute Gasteiger partial charge is 0.451 e. The van der Waals surface area contributed by atoms with Gasteiger partial charge in [-0.05, 0) is 30.2 Å². The van der Waals surface area contributed by atoms with E-state index < -0.39 is 12.0 Å². The van der Waals surface area contributed by atoms with Gasteiger partial charge in [-0.3, -0.25) is 0 Å². The molecule has 178 valence electrons. The molecule has 0 bridgehead atoms. The Morgan fingerprint density at radius 1 is 1.12 bits per heavy atom. The molecular weight excluding hydrogens is 469 g/mol. The lowest BCUT2D eigenvalue weighted by Crippen LogP contribution is -2.36. The number of nitrogens with zero attached hydrogens (tertiary/aromatic N) is 6. The summed E-state index contributed by atoms with van der Waals surface area (Å²) in [5.74, 6) is 0.358. The summed E-state index contributed by atoms with van der Waals surface area (Å²) in [6, 6.07) is 9.12. The SMILES string of the molecule is CCCc1cc2c(N3CCn4c(nnc4C(F)(F)F)C3)nc(Oc3ccc(CO)cc3)nc2s1. The van der Waals surface area contributed by atoms with E-state index >= 15 is 0 Å². The number of alkyl halides is 3. The maximum Gasteiger partial charge on any atom is 0.451 e. The normalized spacial score (nSPS) is 14.0. The van der Waals surface area contributed by atoms with Crippen LogP contribution >= 0.6 is 11.3 Å². The van der Waals surface area contributed by atoms with Gasteiger partial charge in [0.2, 0.25) is 5.82 Å². The third-order valence-corrected chi connectivity index (χ3v) is 6.61. The van der Waals surface area contributed by atoms with Crippen molar-refractivity contribution in [2.75, 3.05) is 11.4 Å². The molecule has 0 fully saturated rings. The zero-order valence-corrected chi connectivity index (χ0v) is 19.0. The first-order valence-corrected chi connectivity index (χ1v) is 11.6. The monoisotopic (exact) mass is 490 g/mol. The second-order valence-corrected chi connectivity index (χ2v) is 9.04. The van der Waals surface area contributed by atoms with E-state index in [1.165, 1.54) is 0 Å². The topological polar surface area (TPSA) is 89.2 Å². The van der Waals surface area contributed by atoms with Crippen LogP contribution < -0.4 is 9.64 Å². The molecule has 0 saturated heterocycles. The predicted octanol–water partition coefficient (Wildman–Crippen LogP) is 4.56. The highest BCUT2D eigenvalue weighted by molar-refractivity contribution is 7.18. The van der Waals surface area contributed by atoms with Gasteiger partial charge >= 0.3 is 12.2 Å². The first-order chi connectivity index (χ1) is 16.4. The van der Waals surface area contributed by atoms with Gasteiger partial charge in [0.25, 0.3) is 0 Å². The maximum absolute atomic E-state index is 13.2. The van der Waals surface area contributed by atoms with Crippen LogP contribution in [-0.2, 0) is 32.3 Å². The minimum absolute atomic E-state index is 0.0715. The smallest absolute Gasteiger partial charge is 0.424 e. The average Bonchev–Trinajstić information content (AvgIpc) is 3.42. The molecule has 1 N–H and O–H groups in total. The van der Waals surface area contributed by atoms with E-state index in [2.05, 4.69) is 27.1 Å². The van der Waals surface area contributed by atoms with Gasteiger partial charge in [0.15, 0.2) is 5.82 Å². The van der Waals surface area contributed by atoms with Gasteiger partial charge < -0.3 is 19.3 Å². The zero-order chi connectivity index (χ0) is 23.9. The molecule has 0 atom stereocenters. The molecule has 4 heterocycles. The fraction of sp³-hybridized carbons (Fsp3) is 0.364. The van der Waals surface area contributed by atoms with Gasteiger partial charge in [0.05, 0.1) is 18.5 Å². The number of fused-ring (bicyclic) bond motifs is 2. The lowest BCUT2D eigenvalue weighted by molar-refractivity contribution is -0.147. The van der Waals surface area contributed by atoms with Crippen LogP contribution in [0.2, 0.25) is 0 Å². The van der Waals surface area contributed by atoms with Gasteiger partial charge in [0, 0.05) is 18.0 Å². The van der Waals surface area contributed by atoms with E-state index in [1.54, 1.807) is 35.6 Å². The summed E-state index contributed by atoms with van der Waals surface area (Å²) >= 11 is 1.55. The standard InChI is InChI=1S/C22H21F3N6O2S/c1-2-3-15-10-16-18(30-8-9-31-17(11-30)28-29-20(31)22(23,24)25)26-21(27-19(16)34-15)33-14-6-4-13(12-32)5-7-14/h4-7,10,32H,2-3,8-9,11-12H2,1H3. The van der Waals surface area contributed by atoms with Gasteiger partial charge in [-0.1, -0.05) is 25.5 Å². The number of hydrogen-bond acceptors (Lipinski definition) is 8. The molecule has 1 aliphatic rings. The first-order valence-electron chi connectivity index (χ1n) is 10.8. The van der Waals surface area contributed by atoms with E-state index in [4.69, 9.17) is 4.74 Å². The Hall–Kier alpha value is -3.25. The van der Waals surface area contributed by atoms with Crippen molar-refractivity contribution < 1.29 is 23.0 Å². The van der Waals surface area contributed by atoms with E-state index in [0.29, 0.717) is 18.1 Å². The number of halogens is 3. The van der Waals surface area contributed by atoms with Crippen LogP contribution in [0.1, 0.15) is 35.4 Å². The summed E-state index contributed by atoms with van der Waals surface area (Å²) in [7, 11) is 0. The zero-order valence-electron chi connectivity index (χ0n) is 18.2. The Kier molecular flexibility index (Phi) is 5.86. The highest BCUT2D eigenvalue weighted by Crippen LogP contribution is 2.36. The van der Waals surface area contributed by atoms with Crippen molar-refractivity contribution in [3.63, 3.8) is 0 Å². The van der Waals surface area contributed by atoms with Crippen molar-refractivity contribution in [3.8, 4) is 11.8 Å². The lowest BCUT2D eigenvalue weighted by atomic mass is 10.2. The predicted molar refractivity (Wildman–Crippen MR) is 120 cm³/mol. The summed E-state index contributed by atoms with van der Waals surface area (Å²) in [6.45, 7) is 2.56.